The van der Waals surface area contributed by atoms with Crippen molar-refractivity contribution in [3.63, 3.8) is 0 Å². The van der Waals surface area contributed by atoms with Gasteiger partial charge >= 0.3 is 6.03 Å². The van der Waals surface area contributed by atoms with E-state index in [1.807, 2.05) is 6.92 Å². The van der Waals surface area contributed by atoms with Gasteiger partial charge in [0, 0.05) is 43.8 Å². The molecule has 174 valence electrons. The van der Waals surface area contributed by atoms with Crippen LogP contribution in [0.25, 0.3) is 11.4 Å². The number of benzene rings is 1. The molecule has 1 atom stereocenters. The van der Waals surface area contributed by atoms with Crippen LogP contribution in [-0.2, 0) is 25.1 Å². The number of aromatic nitrogens is 2. The van der Waals surface area contributed by atoms with Crippen LogP contribution in [0.15, 0.2) is 30.3 Å². The highest BCUT2D eigenvalue weighted by molar-refractivity contribution is 7.89. The van der Waals surface area contributed by atoms with Gasteiger partial charge in [-0.25, -0.2) is 23.2 Å². The van der Waals surface area contributed by atoms with Crippen LogP contribution in [0.5, 0.6) is 0 Å². The molecule has 1 aliphatic rings. The Balaban J connectivity index is 1.84. The van der Waals surface area contributed by atoms with Gasteiger partial charge in [0.15, 0.2) is 15.7 Å². The van der Waals surface area contributed by atoms with Crippen LogP contribution in [0.1, 0.15) is 12.6 Å². The van der Waals surface area contributed by atoms with E-state index in [1.54, 1.807) is 37.4 Å². The molecule has 1 aromatic heterocycles. The molecule has 11 heteroatoms. The molecule has 1 fully saturated rings. The van der Waals surface area contributed by atoms with Gasteiger partial charge in [0.2, 0.25) is 0 Å². The van der Waals surface area contributed by atoms with E-state index in [2.05, 4.69) is 20.5 Å². The molecule has 2 aromatic rings. The van der Waals surface area contributed by atoms with Crippen LogP contribution in [0.3, 0.4) is 0 Å². The number of rotatable bonds is 8. The van der Waals surface area contributed by atoms with Crippen molar-refractivity contribution >= 4 is 27.4 Å². The van der Waals surface area contributed by atoms with Crippen LogP contribution in [-0.4, -0.2) is 76.7 Å². The van der Waals surface area contributed by atoms with E-state index >= 15 is 0 Å². The summed E-state index contributed by atoms with van der Waals surface area (Å²) < 4.78 is 34.2. The summed E-state index contributed by atoms with van der Waals surface area (Å²) in [5.41, 5.74) is 1.76. The fourth-order valence-electron chi connectivity index (χ4n) is 3.31. The number of urea groups is 1. The highest BCUT2D eigenvalue weighted by atomic mass is 32.2. The molecule has 2 amide bonds. The van der Waals surface area contributed by atoms with Gasteiger partial charge in [0.1, 0.15) is 5.82 Å². The number of carbonyl (C=O) groups excluding carboxylic acids is 1. The molecular weight excluding hydrogens is 434 g/mol. The SMILES string of the molecule is COCCNC(=O)Nc1ccc(-c2nc(CS(C)(=O)=O)cc(N3CCOC[C@H]3C)n2)cc1. The molecule has 2 N–H and O–H groups in total. The number of hydrogen-bond donors (Lipinski definition) is 2. The van der Waals surface area contributed by atoms with Crippen molar-refractivity contribution in [3.05, 3.63) is 36.0 Å². The number of nitrogens with one attached hydrogen (secondary N) is 2. The number of nitrogens with zero attached hydrogens (tertiary/aromatic N) is 3. The molecule has 2 heterocycles. The minimum atomic E-state index is -3.26. The van der Waals surface area contributed by atoms with Crippen LogP contribution in [0, 0.1) is 0 Å². The second kappa shape index (κ2) is 10.7. The van der Waals surface area contributed by atoms with Crippen molar-refractivity contribution in [1.82, 2.24) is 15.3 Å². The number of hydrogen-bond acceptors (Lipinski definition) is 8. The van der Waals surface area contributed by atoms with Crippen molar-refractivity contribution in [3.8, 4) is 11.4 Å². The van der Waals surface area contributed by atoms with E-state index in [1.165, 1.54) is 6.26 Å². The van der Waals surface area contributed by atoms with Gasteiger partial charge in [-0.3, -0.25) is 0 Å². The average molecular weight is 464 g/mol. The molecule has 0 radical (unpaired) electrons. The molecule has 0 unspecified atom stereocenters. The van der Waals surface area contributed by atoms with Crippen molar-refractivity contribution in [2.24, 2.45) is 0 Å². The molecule has 0 spiro atoms. The normalized spacial score (nSPS) is 16.6. The molecule has 1 aromatic carbocycles. The van der Waals surface area contributed by atoms with Gasteiger partial charge in [0.25, 0.3) is 0 Å². The number of morpholine rings is 1. The van der Waals surface area contributed by atoms with Gasteiger partial charge in [-0.2, -0.15) is 0 Å². The Bertz CT molecular complexity index is 1030. The highest BCUT2D eigenvalue weighted by Crippen LogP contribution is 2.25. The van der Waals surface area contributed by atoms with Crippen LogP contribution in [0.4, 0.5) is 16.3 Å². The lowest BCUT2D eigenvalue weighted by atomic mass is 10.2. The lowest BCUT2D eigenvalue weighted by Crippen LogP contribution is -2.44. The maximum Gasteiger partial charge on any atom is 0.319 e. The van der Waals surface area contributed by atoms with E-state index in [0.717, 1.165) is 0 Å². The molecule has 1 saturated heterocycles. The Labute approximate surface area is 188 Å². The summed E-state index contributed by atoms with van der Waals surface area (Å²) in [5.74, 6) is 0.926. The Kier molecular flexibility index (Phi) is 7.99. The van der Waals surface area contributed by atoms with E-state index in [-0.39, 0.29) is 17.8 Å². The summed E-state index contributed by atoms with van der Waals surface area (Å²) in [4.78, 5) is 23.2. The van der Waals surface area contributed by atoms with E-state index in [4.69, 9.17) is 14.5 Å². The van der Waals surface area contributed by atoms with Crippen molar-refractivity contribution in [2.45, 2.75) is 18.7 Å². The molecule has 0 aliphatic carbocycles. The molecule has 10 nitrogen and oxygen atoms in total. The van der Waals surface area contributed by atoms with Gasteiger partial charge in [-0.05, 0) is 31.2 Å². The van der Waals surface area contributed by atoms with Crippen LogP contribution >= 0.6 is 0 Å². The van der Waals surface area contributed by atoms with Gasteiger partial charge < -0.3 is 25.0 Å². The average Bonchev–Trinajstić information content (AvgIpc) is 2.73. The number of carbonyl (C=O) groups is 1. The summed E-state index contributed by atoms with van der Waals surface area (Å²) in [6.45, 7) is 4.69. The fraction of sp³-hybridized carbons (Fsp3) is 0.476. The highest BCUT2D eigenvalue weighted by Gasteiger charge is 2.22. The molecule has 0 saturated carbocycles. The predicted molar refractivity (Wildman–Crippen MR) is 123 cm³/mol. The van der Waals surface area contributed by atoms with Gasteiger partial charge in [-0.1, -0.05) is 0 Å². The number of methoxy groups -OCH3 is 1. The lowest BCUT2D eigenvalue weighted by molar-refractivity contribution is 0.0985. The standard InChI is InChI=1S/C21H29N5O5S/c1-15-13-31-11-9-26(15)19-12-18(14-32(3,28)29)23-20(25-19)16-4-6-17(7-5-16)24-21(27)22-8-10-30-2/h4-7,12,15H,8-11,13-14H2,1-3H3,(H2,22,24,27)/t15-/m1/s1. The van der Waals surface area contributed by atoms with E-state index < -0.39 is 9.84 Å². The Morgan fingerprint density at radius 2 is 2.03 bits per heavy atom. The first-order valence-electron chi connectivity index (χ1n) is 10.3. The summed E-state index contributed by atoms with van der Waals surface area (Å²) in [6.07, 6.45) is 1.18. The predicted octanol–water partition coefficient (Wildman–Crippen LogP) is 1.68. The molecule has 0 bridgehead atoms. The van der Waals surface area contributed by atoms with E-state index in [9.17, 15) is 13.2 Å². The maximum atomic E-state index is 11.9. The molecular formula is C21H29N5O5S. The zero-order valence-electron chi connectivity index (χ0n) is 18.5. The largest absolute Gasteiger partial charge is 0.383 e. The van der Waals surface area contributed by atoms with Gasteiger partial charge in [-0.15, -0.1) is 0 Å². The van der Waals surface area contributed by atoms with Crippen LogP contribution in [0.2, 0.25) is 0 Å². The van der Waals surface area contributed by atoms with Crippen molar-refractivity contribution in [2.75, 3.05) is 56.5 Å². The zero-order chi connectivity index (χ0) is 23.1. The number of anilines is 2. The number of sulfone groups is 1. The maximum absolute atomic E-state index is 11.9. The first kappa shape index (κ1) is 23.9. The summed E-state index contributed by atoms with van der Waals surface area (Å²) in [5, 5.41) is 5.43. The van der Waals surface area contributed by atoms with Gasteiger partial charge in [0.05, 0.1) is 37.3 Å². The monoisotopic (exact) mass is 463 g/mol. The first-order valence-corrected chi connectivity index (χ1v) is 12.4. The summed E-state index contributed by atoms with van der Waals surface area (Å²) >= 11 is 0. The smallest absolute Gasteiger partial charge is 0.319 e. The molecule has 3 rings (SSSR count). The first-order chi connectivity index (χ1) is 15.2. The fourth-order valence-corrected chi connectivity index (χ4v) is 4.00. The number of amides is 2. The summed E-state index contributed by atoms with van der Waals surface area (Å²) in [7, 11) is -1.70. The lowest BCUT2D eigenvalue weighted by Gasteiger charge is -2.34. The second-order valence-corrected chi connectivity index (χ2v) is 9.82. The third-order valence-corrected chi connectivity index (χ3v) is 5.65. The second-order valence-electron chi connectivity index (χ2n) is 7.68. The third-order valence-electron chi connectivity index (χ3n) is 4.83. The quantitative estimate of drug-likeness (QED) is 0.567. The summed E-state index contributed by atoms with van der Waals surface area (Å²) in [6, 6.07) is 8.58. The van der Waals surface area contributed by atoms with Crippen molar-refractivity contribution in [1.29, 1.82) is 0 Å². The number of ether oxygens (including phenoxy) is 2. The minimum absolute atomic E-state index is 0.112. The molecule has 1 aliphatic heterocycles. The van der Waals surface area contributed by atoms with E-state index in [0.29, 0.717) is 61.5 Å². The third kappa shape index (κ3) is 6.87. The van der Waals surface area contributed by atoms with Crippen molar-refractivity contribution < 1.29 is 22.7 Å². The van der Waals surface area contributed by atoms with Crippen LogP contribution < -0.4 is 15.5 Å². The minimum Gasteiger partial charge on any atom is -0.383 e. The Morgan fingerprint density at radius 3 is 2.69 bits per heavy atom. The topological polar surface area (TPSA) is 123 Å². The molecule has 32 heavy (non-hydrogen) atoms. The Hall–Kier alpha value is -2.76. The Morgan fingerprint density at radius 1 is 1.28 bits per heavy atom. The zero-order valence-corrected chi connectivity index (χ0v) is 19.3.